The monoisotopic (exact) mass is 423 g/mol. The second kappa shape index (κ2) is 8.16. The fourth-order valence-electron chi connectivity index (χ4n) is 3.36. The number of fused-ring (bicyclic) bond motifs is 1. The molecule has 4 rings (SSSR count). The number of pyridine rings is 1. The van der Waals surface area contributed by atoms with E-state index in [1.165, 1.54) is 28.0 Å². The molecule has 1 aliphatic rings. The predicted molar refractivity (Wildman–Crippen MR) is 111 cm³/mol. The van der Waals surface area contributed by atoms with Crippen molar-refractivity contribution in [2.45, 2.75) is 19.9 Å². The van der Waals surface area contributed by atoms with Crippen molar-refractivity contribution in [3.05, 3.63) is 96.7 Å². The van der Waals surface area contributed by atoms with Crippen LogP contribution in [0, 0.1) is 5.82 Å². The molecule has 1 aromatic carbocycles. The first-order chi connectivity index (χ1) is 14.5. The first kappa shape index (κ1) is 19.9. The van der Waals surface area contributed by atoms with Gasteiger partial charge in [-0.1, -0.05) is 23.5 Å². The Balaban J connectivity index is 1.96. The van der Waals surface area contributed by atoms with Gasteiger partial charge >= 0.3 is 5.97 Å². The van der Waals surface area contributed by atoms with Gasteiger partial charge in [-0.2, -0.15) is 0 Å². The fourth-order valence-corrected chi connectivity index (χ4v) is 4.41. The second-order valence-corrected chi connectivity index (χ2v) is 7.64. The van der Waals surface area contributed by atoms with E-state index in [9.17, 15) is 14.0 Å². The summed E-state index contributed by atoms with van der Waals surface area (Å²) in [5, 5.41) is 0. The number of ether oxygens (including phenoxy) is 1. The summed E-state index contributed by atoms with van der Waals surface area (Å²) in [7, 11) is 0. The average molecular weight is 423 g/mol. The molecule has 0 fully saturated rings. The third-order valence-corrected chi connectivity index (χ3v) is 5.69. The lowest BCUT2D eigenvalue weighted by atomic mass is 9.96. The van der Waals surface area contributed by atoms with Gasteiger partial charge in [0.1, 0.15) is 5.82 Å². The molecule has 1 aliphatic heterocycles. The normalized spacial score (nSPS) is 16.2. The van der Waals surface area contributed by atoms with Crippen LogP contribution < -0.4 is 14.9 Å². The maximum absolute atomic E-state index is 13.5. The molecule has 3 heterocycles. The van der Waals surface area contributed by atoms with Crippen molar-refractivity contribution in [3.63, 3.8) is 0 Å². The van der Waals surface area contributed by atoms with Crippen molar-refractivity contribution in [3.8, 4) is 0 Å². The number of esters is 1. The van der Waals surface area contributed by atoms with Crippen LogP contribution in [-0.4, -0.2) is 22.1 Å². The molecule has 0 saturated carbocycles. The molecule has 2 aromatic heterocycles. The molecule has 0 bridgehead atoms. The lowest BCUT2D eigenvalue weighted by Gasteiger charge is -2.24. The molecule has 0 saturated heterocycles. The highest BCUT2D eigenvalue weighted by Gasteiger charge is 2.33. The van der Waals surface area contributed by atoms with Crippen molar-refractivity contribution >= 4 is 23.4 Å². The highest BCUT2D eigenvalue weighted by Crippen LogP contribution is 2.30. The number of aromatic nitrogens is 2. The van der Waals surface area contributed by atoms with E-state index >= 15 is 0 Å². The van der Waals surface area contributed by atoms with Gasteiger partial charge in [-0.3, -0.25) is 14.3 Å². The Labute approximate surface area is 175 Å². The summed E-state index contributed by atoms with van der Waals surface area (Å²) in [6.07, 6.45) is 5.05. The van der Waals surface area contributed by atoms with Gasteiger partial charge in [-0.05, 0) is 55.3 Å². The predicted octanol–water partition coefficient (Wildman–Crippen LogP) is 2.33. The molecule has 0 N–H and O–H groups in total. The Morgan fingerprint density at radius 2 is 1.93 bits per heavy atom. The number of rotatable bonds is 4. The molecular weight excluding hydrogens is 405 g/mol. The maximum atomic E-state index is 13.5. The highest BCUT2D eigenvalue weighted by atomic mass is 32.1. The van der Waals surface area contributed by atoms with E-state index in [4.69, 9.17) is 4.74 Å². The standard InChI is InChI=1S/C22H18FN3O3S/c1-3-29-21(28)18-13(2)25-22-26(19(18)15-4-6-16(23)7-5-15)20(27)17(30-22)12-14-8-10-24-11-9-14/h4-12,19H,3H2,1-2H3/t19-/m0/s1. The van der Waals surface area contributed by atoms with Crippen LogP contribution in [0.5, 0.6) is 0 Å². The third kappa shape index (κ3) is 3.61. The zero-order chi connectivity index (χ0) is 21.3. The number of carbonyl (C=O) groups excluding carboxylic acids is 1. The minimum atomic E-state index is -0.750. The molecule has 0 amide bonds. The van der Waals surface area contributed by atoms with Crippen LogP contribution in [-0.2, 0) is 9.53 Å². The van der Waals surface area contributed by atoms with E-state index < -0.39 is 17.8 Å². The molecule has 152 valence electrons. The van der Waals surface area contributed by atoms with Gasteiger partial charge in [0.15, 0.2) is 4.80 Å². The highest BCUT2D eigenvalue weighted by molar-refractivity contribution is 7.07. The molecule has 8 heteroatoms. The van der Waals surface area contributed by atoms with Crippen molar-refractivity contribution < 1.29 is 13.9 Å². The van der Waals surface area contributed by atoms with Crippen LogP contribution in [0.3, 0.4) is 0 Å². The van der Waals surface area contributed by atoms with E-state index in [1.54, 1.807) is 56.6 Å². The minimum Gasteiger partial charge on any atom is -0.463 e. The lowest BCUT2D eigenvalue weighted by molar-refractivity contribution is -0.139. The average Bonchev–Trinajstić information content (AvgIpc) is 3.03. The number of allylic oxidation sites excluding steroid dienone is 1. The summed E-state index contributed by atoms with van der Waals surface area (Å²) in [6, 6.07) is 8.59. The van der Waals surface area contributed by atoms with Crippen molar-refractivity contribution in [1.29, 1.82) is 0 Å². The smallest absolute Gasteiger partial charge is 0.338 e. The molecular formula is C22H18FN3O3S. The van der Waals surface area contributed by atoms with Gasteiger partial charge in [0, 0.05) is 12.4 Å². The van der Waals surface area contributed by atoms with Crippen LogP contribution in [0.25, 0.3) is 6.08 Å². The van der Waals surface area contributed by atoms with Crippen molar-refractivity contribution in [1.82, 2.24) is 9.55 Å². The Morgan fingerprint density at radius 1 is 1.23 bits per heavy atom. The molecule has 6 nitrogen and oxygen atoms in total. The van der Waals surface area contributed by atoms with Crippen LogP contribution in [0.1, 0.15) is 31.0 Å². The van der Waals surface area contributed by atoms with E-state index in [0.29, 0.717) is 20.6 Å². The fraction of sp³-hybridized carbons (Fsp3) is 0.182. The first-order valence-electron chi connectivity index (χ1n) is 9.34. The number of benzene rings is 1. The zero-order valence-corrected chi connectivity index (χ0v) is 17.1. The molecule has 30 heavy (non-hydrogen) atoms. The van der Waals surface area contributed by atoms with Gasteiger partial charge < -0.3 is 4.74 Å². The Morgan fingerprint density at radius 3 is 2.60 bits per heavy atom. The van der Waals surface area contributed by atoms with Gasteiger partial charge in [-0.15, -0.1) is 0 Å². The lowest BCUT2D eigenvalue weighted by Crippen LogP contribution is -2.39. The quantitative estimate of drug-likeness (QED) is 0.604. The summed E-state index contributed by atoms with van der Waals surface area (Å²) in [4.78, 5) is 35.0. The largest absolute Gasteiger partial charge is 0.463 e. The molecule has 0 spiro atoms. The summed E-state index contributed by atoms with van der Waals surface area (Å²) in [5.41, 5.74) is 1.89. The summed E-state index contributed by atoms with van der Waals surface area (Å²) in [5.74, 6) is -0.946. The van der Waals surface area contributed by atoms with Crippen LogP contribution in [0.2, 0.25) is 0 Å². The molecule has 0 radical (unpaired) electrons. The van der Waals surface area contributed by atoms with Crippen LogP contribution >= 0.6 is 11.3 Å². The number of hydrogen-bond donors (Lipinski definition) is 0. The van der Waals surface area contributed by atoms with E-state index in [-0.39, 0.29) is 17.7 Å². The van der Waals surface area contributed by atoms with Crippen LogP contribution in [0.15, 0.2) is 69.8 Å². The first-order valence-corrected chi connectivity index (χ1v) is 10.2. The Kier molecular flexibility index (Phi) is 5.41. The van der Waals surface area contributed by atoms with Crippen molar-refractivity contribution in [2.24, 2.45) is 4.99 Å². The van der Waals surface area contributed by atoms with E-state index in [2.05, 4.69) is 9.98 Å². The molecule has 1 atom stereocenters. The van der Waals surface area contributed by atoms with Gasteiger partial charge in [0.2, 0.25) is 0 Å². The van der Waals surface area contributed by atoms with Gasteiger partial charge in [0.25, 0.3) is 5.56 Å². The number of nitrogens with zero attached hydrogens (tertiary/aromatic N) is 3. The summed E-state index contributed by atoms with van der Waals surface area (Å²) in [6.45, 7) is 3.62. The Bertz CT molecular complexity index is 1310. The van der Waals surface area contributed by atoms with Crippen molar-refractivity contribution in [2.75, 3.05) is 6.61 Å². The number of halogens is 1. The second-order valence-electron chi connectivity index (χ2n) is 6.63. The molecule has 0 aliphatic carbocycles. The molecule has 3 aromatic rings. The van der Waals surface area contributed by atoms with Gasteiger partial charge in [0.05, 0.1) is 28.5 Å². The number of carbonyl (C=O) groups is 1. The number of thiazole rings is 1. The maximum Gasteiger partial charge on any atom is 0.338 e. The topological polar surface area (TPSA) is 73.6 Å². The van der Waals surface area contributed by atoms with Crippen LogP contribution in [0.4, 0.5) is 4.39 Å². The van der Waals surface area contributed by atoms with E-state index in [1.807, 2.05) is 0 Å². The van der Waals surface area contributed by atoms with E-state index in [0.717, 1.165) is 5.56 Å². The summed E-state index contributed by atoms with van der Waals surface area (Å²) >= 11 is 1.24. The summed E-state index contributed by atoms with van der Waals surface area (Å²) < 4.78 is 20.7. The SMILES string of the molecule is CCOC(=O)C1=C(C)N=c2sc(=Cc3ccncc3)c(=O)n2[C@H]1c1ccc(F)cc1. The van der Waals surface area contributed by atoms with Gasteiger partial charge in [-0.25, -0.2) is 14.2 Å². The third-order valence-electron chi connectivity index (χ3n) is 4.71. The number of hydrogen-bond acceptors (Lipinski definition) is 6. The molecule has 0 unspecified atom stereocenters. The zero-order valence-electron chi connectivity index (χ0n) is 16.3. The minimum absolute atomic E-state index is 0.193. The Hall–Kier alpha value is -3.39.